The van der Waals surface area contributed by atoms with E-state index >= 15 is 0 Å². The number of aryl methyl sites for hydroxylation is 1. The second-order valence-corrected chi connectivity index (χ2v) is 5.26. The van der Waals surface area contributed by atoms with E-state index in [1.807, 2.05) is 6.92 Å². The number of hydrogen-bond acceptors (Lipinski definition) is 3. The Morgan fingerprint density at radius 1 is 1.58 bits per heavy atom. The standard InChI is InChI=1S/C12H11BrClN3O2/c1-7-9(13)5-17(16-7)6-12(19)15-10-4-8(14)2-3-11(10)18/h2-5,18H,6H2,1H3,(H,15,19). The molecule has 5 nitrogen and oxygen atoms in total. The third kappa shape index (κ3) is 3.48. The van der Waals surface area contributed by atoms with Crippen LogP contribution in [0.3, 0.4) is 0 Å². The number of anilines is 1. The minimum absolute atomic E-state index is 0.0319. The van der Waals surface area contributed by atoms with E-state index in [1.165, 1.54) is 16.8 Å². The number of halogens is 2. The van der Waals surface area contributed by atoms with Gasteiger partial charge in [0.1, 0.15) is 12.3 Å². The van der Waals surface area contributed by atoms with Crippen LogP contribution in [0.15, 0.2) is 28.9 Å². The van der Waals surface area contributed by atoms with Gasteiger partial charge in [-0.05, 0) is 41.1 Å². The van der Waals surface area contributed by atoms with Gasteiger partial charge in [-0.25, -0.2) is 0 Å². The van der Waals surface area contributed by atoms with Crippen LogP contribution in [0.4, 0.5) is 5.69 Å². The van der Waals surface area contributed by atoms with Gasteiger partial charge in [-0.1, -0.05) is 11.6 Å². The van der Waals surface area contributed by atoms with E-state index in [1.54, 1.807) is 12.3 Å². The van der Waals surface area contributed by atoms with Crippen molar-refractivity contribution >= 4 is 39.1 Å². The van der Waals surface area contributed by atoms with Crippen LogP contribution in [0.5, 0.6) is 5.75 Å². The number of hydrogen-bond donors (Lipinski definition) is 2. The summed E-state index contributed by atoms with van der Waals surface area (Å²) < 4.78 is 2.35. The summed E-state index contributed by atoms with van der Waals surface area (Å²) in [5.74, 6) is -0.330. The van der Waals surface area contributed by atoms with E-state index in [2.05, 4.69) is 26.3 Å². The SMILES string of the molecule is Cc1nn(CC(=O)Nc2cc(Cl)ccc2O)cc1Br. The average molecular weight is 345 g/mol. The first-order valence-electron chi connectivity index (χ1n) is 5.43. The molecule has 0 bridgehead atoms. The number of aromatic nitrogens is 2. The number of phenols is 1. The van der Waals surface area contributed by atoms with Crippen LogP contribution >= 0.6 is 27.5 Å². The molecule has 0 saturated heterocycles. The second kappa shape index (κ2) is 5.63. The molecule has 1 heterocycles. The predicted octanol–water partition coefficient (Wildman–Crippen LogP) is 2.95. The van der Waals surface area contributed by atoms with Crippen molar-refractivity contribution in [1.82, 2.24) is 9.78 Å². The second-order valence-electron chi connectivity index (χ2n) is 3.97. The summed E-state index contributed by atoms with van der Waals surface area (Å²) in [4.78, 5) is 11.8. The Kier molecular flexibility index (Phi) is 4.11. The molecular weight excluding hydrogens is 334 g/mol. The van der Waals surface area contributed by atoms with Crippen LogP contribution in [-0.2, 0) is 11.3 Å². The maximum absolute atomic E-state index is 11.8. The van der Waals surface area contributed by atoms with E-state index in [4.69, 9.17) is 11.6 Å². The fourth-order valence-electron chi connectivity index (χ4n) is 1.52. The zero-order chi connectivity index (χ0) is 14.0. The first kappa shape index (κ1) is 13.9. The Bertz CT molecular complexity index is 608. The fraction of sp³-hybridized carbons (Fsp3) is 0.167. The molecule has 0 spiro atoms. The lowest BCUT2D eigenvalue weighted by atomic mass is 10.3. The quantitative estimate of drug-likeness (QED) is 0.841. The van der Waals surface area contributed by atoms with Gasteiger partial charge in [0.05, 0.1) is 15.9 Å². The van der Waals surface area contributed by atoms with Crippen molar-refractivity contribution in [3.05, 3.63) is 39.6 Å². The predicted molar refractivity (Wildman–Crippen MR) is 76.4 cm³/mol. The highest BCUT2D eigenvalue weighted by Gasteiger charge is 2.09. The molecule has 7 heteroatoms. The molecule has 0 fully saturated rings. The van der Waals surface area contributed by atoms with Crippen molar-refractivity contribution in [2.75, 3.05) is 5.32 Å². The fourth-order valence-corrected chi connectivity index (χ4v) is 2.01. The van der Waals surface area contributed by atoms with E-state index in [0.29, 0.717) is 5.02 Å². The van der Waals surface area contributed by atoms with Crippen molar-refractivity contribution in [2.24, 2.45) is 0 Å². The lowest BCUT2D eigenvalue weighted by Crippen LogP contribution is -2.19. The van der Waals surface area contributed by atoms with Gasteiger partial charge in [0.25, 0.3) is 0 Å². The van der Waals surface area contributed by atoms with Crippen LogP contribution in [0, 0.1) is 6.92 Å². The molecular formula is C12H11BrClN3O2. The third-order valence-corrected chi connectivity index (χ3v) is 3.44. The molecule has 1 amide bonds. The zero-order valence-corrected chi connectivity index (χ0v) is 12.4. The summed E-state index contributed by atoms with van der Waals surface area (Å²) in [7, 11) is 0. The van der Waals surface area contributed by atoms with Gasteiger partial charge in [0.15, 0.2) is 0 Å². The summed E-state index contributed by atoms with van der Waals surface area (Å²) in [6, 6.07) is 4.45. The van der Waals surface area contributed by atoms with Crippen LogP contribution in [0.1, 0.15) is 5.69 Å². The summed E-state index contributed by atoms with van der Waals surface area (Å²) in [5, 5.41) is 16.8. The maximum Gasteiger partial charge on any atom is 0.246 e. The molecule has 1 aromatic heterocycles. The molecule has 0 aliphatic carbocycles. The molecule has 0 aliphatic rings. The molecule has 0 radical (unpaired) electrons. The van der Waals surface area contributed by atoms with Gasteiger partial charge < -0.3 is 10.4 Å². The van der Waals surface area contributed by atoms with Gasteiger partial charge in [0.2, 0.25) is 5.91 Å². The highest BCUT2D eigenvalue weighted by atomic mass is 79.9. The minimum atomic E-state index is -0.299. The molecule has 2 rings (SSSR count). The number of amides is 1. The number of carbonyl (C=O) groups is 1. The maximum atomic E-state index is 11.8. The van der Waals surface area contributed by atoms with Crippen LogP contribution in [0.2, 0.25) is 5.02 Å². The van der Waals surface area contributed by atoms with Crippen molar-refractivity contribution in [3.8, 4) is 5.75 Å². The summed E-state index contributed by atoms with van der Waals surface area (Å²) in [6.45, 7) is 1.89. The molecule has 2 aromatic rings. The van der Waals surface area contributed by atoms with E-state index in [9.17, 15) is 9.90 Å². The van der Waals surface area contributed by atoms with Crippen LogP contribution in [0.25, 0.3) is 0 Å². The lowest BCUT2D eigenvalue weighted by molar-refractivity contribution is -0.116. The average Bonchev–Trinajstić information content (AvgIpc) is 2.63. The Hall–Kier alpha value is -1.53. The third-order valence-electron chi connectivity index (χ3n) is 2.42. The lowest BCUT2D eigenvalue weighted by Gasteiger charge is -2.07. The largest absolute Gasteiger partial charge is 0.506 e. The minimum Gasteiger partial charge on any atom is -0.506 e. The number of benzene rings is 1. The number of aromatic hydroxyl groups is 1. The van der Waals surface area contributed by atoms with Gasteiger partial charge in [-0.15, -0.1) is 0 Å². The first-order chi connectivity index (χ1) is 8.95. The van der Waals surface area contributed by atoms with Gasteiger partial charge in [-0.3, -0.25) is 9.48 Å². The molecule has 0 saturated carbocycles. The molecule has 0 atom stereocenters. The number of carbonyl (C=O) groups excluding carboxylic acids is 1. The zero-order valence-electron chi connectivity index (χ0n) is 10.0. The van der Waals surface area contributed by atoms with Crippen molar-refractivity contribution in [2.45, 2.75) is 13.5 Å². The molecule has 19 heavy (non-hydrogen) atoms. The van der Waals surface area contributed by atoms with Gasteiger partial charge in [-0.2, -0.15) is 5.10 Å². The van der Waals surface area contributed by atoms with Crippen molar-refractivity contribution < 1.29 is 9.90 Å². The number of nitrogens with zero attached hydrogens (tertiary/aromatic N) is 2. The molecule has 1 aromatic carbocycles. The smallest absolute Gasteiger partial charge is 0.246 e. The van der Waals surface area contributed by atoms with Crippen molar-refractivity contribution in [1.29, 1.82) is 0 Å². The molecule has 0 unspecified atom stereocenters. The number of nitrogens with one attached hydrogen (secondary N) is 1. The Morgan fingerprint density at radius 2 is 2.32 bits per heavy atom. The molecule has 2 N–H and O–H groups in total. The normalized spacial score (nSPS) is 10.5. The summed E-state index contributed by atoms with van der Waals surface area (Å²) in [6.07, 6.45) is 1.72. The first-order valence-corrected chi connectivity index (χ1v) is 6.60. The van der Waals surface area contributed by atoms with Gasteiger partial charge >= 0.3 is 0 Å². The highest BCUT2D eigenvalue weighted by molar-refractivity contribution is 9.10. The van der Waals surface area contributed by atoms with Crippen LogP contribution in [-0.4, -0.2) is 20.8 Å². The monoisotopic (exact) mass is 343 g/mol. The molecule has 100 valence electrons. The number of phenolic OH excluding ortho intramolecular Hbond substituents is 1. The Morgan fingerprint density at radius 3 is 2.95 bits per heavy atom. The Labute approximate surface area is 123 Å². The van der Waals surface area contributed by atoms with E-state index in [-0.39, 0.29) is 23.9 Å². The summed E-state index contributed by atoms with van der Waals surface area (Å²) in [5.41, 5.74) is 1.08. The van der Waals surface area contributed by atoms with E-state index < -0.39 is 0 Å². The van der Waals surface area contributed by atoms with E-state index in [0.717, 1.165) is 10.2 Å². The highest BCUT2D eigenvalue weighted by Crippen LogP contribution is 2.26. The topological polar surface area (TPSA) is 67.2 Å². The van der Waals surface area contributed by atoms with Gasteiger partial charge in [0, 0.05) is 11.2 Å². The number of rotatable bonds is 3. The van der Waals surface area contributed by atoms with Crippen LogP contribution < -0.4 is 5.32 Å². The van der Waals surface area contributed by atoms with Crippen molar-refractivity contribution in [3.63, 3.8) is 0 Å². The summed E-state index contributed by atoms with van der Waals surface area (Å²) >= 11 is 9.12. The Balaban J connectivity index is 2.07. The molecule has 0 aliphatic heterocycles.